The molecule has 0 bridgehead atoms. The van der Waals surface area contributed by atoms with Crippen molar-refractivity contribution in [1.29, 1.82) is 0 Å². The van der Waals surface area contributed by atoms with Crippen molar-refractivity contribution in [3.63, 3.8) is 0 Å². The number of nitrogens with two attached hydrogens (primary N) is 1. The Morgan fingerprint density at radius 2 is 2.16 bits per heavy atom. The van der Waals surface area contributed by atoms with Crippen LogP contribution >= 0.6 is 0 Å². The Bertz CT molecular complexity index is 473. The third kappa shape index (κ3) is 3.07. The molecule has 0 aromatic heterocycles. The molecule has 104 valence electrons. The lowest BCUT2D eigenvalue weighted by atomic mass is 10.2. The number of hydrogen-bond acceptors (Lipinski definition) is 4. The first kappa shape index (κ1) is 13.5. The summed E-state index contributed by atoms with van der Waals surface area (Å²) in [7, 11) is 1.46. The van der Waals surface area contributed by atoms with Crippen molar-refractivity contribution >= 4 is 17.3 Å². The molecule has 0 spiro atoms. The van der Waals surface area contributed by atoms with E-state index in [1.807, 2.05) is 0 Å². The second kappa shape index (κ2) is 5.77. The summed E-state index contributed by atoms with van der Waals surface area (Å²) < 4.78 is 18.7. The van der Waals surface area contributed by atoms with Gasteiger partial charge in [0.15, 0.2) is 0 Å². The number of nitrogens with one attached hydrogen (secondary N) is 1. The van der Waals surface area contributed by atoms with E-state index in [4.69, 9.17) is 10.5 Å². The summed E-state index contributed by atoms with van der Waals surface area (Å²) in [4.78, 5) is 13.6. The molecule has 1 fully saturated rings. The molecule has 0 unspecified atom stereocenters. The van der Waals surface area contributed by atoms with Gasteiger partial charge in [-0.2, -0.15) is 0 Å². The molecule has 1 aliphatic rings. The molecule has 0 aliphatic carbocycles. The van der Waals surface area contributed by atoms with Gasteiger partial charge in [0.1, 0.15) is 11.6 Å². The van der Waals surface area contributed by atoms with Gasteiger partial charge in [-0.25, -0.2) is 4.39 Å². The molecule has 0 atom stereocenters. The van der Waals surface area contributed by atoms with E-state index in [0.29, 0.717) is 5.75 Å². The van der Waals surface area contributed by atoms with E-state index in [-0.39, 0.29) is 23.8 Å². The van der Waals surface area contributed by atoms with Crippen LogP contribution in [-0.4, -0.2) is 37.6 Å². The standard InChI is InChI=1S/C13H18FN3O2/c1-19-12-7-11(9(14)6-10(12)15)16-8-13(18)17-4-2-3-5-17/h6-7,16H,2-5,8,15H2,1H3. The number of halogens is 1. The summed E-state index contributed by atoms with van der Waals surface area (Å²) in [5, 5.41) is 2.79. The van der Waals surface area contributed by atoms with Gasteiger partial charge < -0.3 is 20.7 Å². The minimum Gasteiger partial charge on any atom is -0.495 e. The molecule has 1 aromatic carbocycles. The van der Waals surface area contributed by atoms with Crippen LogP contribution in [0.3, 0.4) is 0 Å². The molecule has 5 nitrogen and oxygen atoms in total. The highest BCUT2D eigenvalue weighted by molar-refractivity contribution is 5.81. The summed E-state index contributed by atoms with van der Waals surface area (Å²) in [6, 6.07) is 2.64. The van der Waals surface area contributed by atoms with Gasteiger partial charge in [-0.3, -0.25) is 4.79 Å². The fourth-order valence-electron chi connectivity index (χ4n) is 2.13. The first-order valence-electron chi connectivity index (χ1n) is 6.26. The monoisotopic (exact) mass is 267 g/mol. The number of methoxy groups -OCH3 is 1. The van der Waals surface area contributed by atoms with Crippen molar-refractivity contribution in [3.05, 3.63) is 17.9 Å². The highest BCUT2D eigenvalue weighted by atomic mass is 19.1. The summed E-state index contributed by atoms with van der Waals surface area (Å²) in [6.07, 6.45) is 2.07. The van der Waals surface area contributed by atoms with Crippen LogP contribution in [-0.2, 0) is 4.79 Å². The van der Waals surface area contributed by atoms with Crippen molar-refractivity contribution < 1.29 is 13.9 Å². The number of benzene rings is 1. The Hall–Kier alpha value is -1.98. The number of nitrogen functional groups attached to an aromatic ring is 1. The Balaban J connectivity index is 2.00. The maximum absolute atomic E-state index is 13.7. The highest BCUT2D eigenvalue weighted by Crippen LogP contribution is 2.28. The molecule has 1 amide bonds. The zero-order valence-corrected chi connectivity index (χ0v) is 10.9. The number of anilines is 2. The molecule has 19 heavy (non-hydrogen) atoms. The maximum Gasteiger partial charge on any atom is 0.241 e. The average Bonchev–Trinajstić information content (AvgIpc) is 2.91. The van der Waals surface area contributed by atoms with Gasteiger partial charge in [-0.1, -0.05) is 0 Å². The van der Waals surface area contributed by atoms with E-state index in [1.54, 1.807) is 4.90 Å². The van der Waals surface area contributed by atoms with Crippen molar-refractivity contribution in [2.75, 3.05) is 37.8 Å². The molecule has 1 saturated heterocycles. The highest BCUT2D eigenvalue weighted by Gasteiger charge is 2.18. The van der Waals surface area contributed by atoms with Crippen molar-refractivity contribution in [1.82, 2.24) is 4.90 Å². The fraction of sp³-hybridized carbons (Fsp3) is 0.462. The van der Waals surface area contributed by atoms with Gasteiger partial charge in [0.05, 0.1) is 25.0 Å². The van der Waals surface area contributed by atoms with Crippen LogP contribution in [0.25, 0.3) is 0 Å². The molecule has 0 radical (unpaired) electrons. The van der Waals surface area contributed by atoms with E-state index in [0.717, 1.165) is 25.9 Å². The SMILES string of the molecule is COc1cc(NCC(=O)N2CCCC2)c(F)cc1N. The lowest BCUT2D eigenvalue weighted by molar-refractivity contribution is -0.128. The number of carbonyl (C=O) groups excluding carboxylic acids is 1. The Morgan fingerprint density at radius 1 is 1.47 bits per heavy atom. The summed E-state index contributed by atoms with van der Waals surface area (Å²) in [6.45, 7) is 1.64. The van der Waals surface area contributed by atoms with Crippen molar-refractivity contribution in [3.8, 4) is 5.75 Å². The number of carbonyl (C=O) groups is 1. The molecule has 6 heteroatoms. The molecule has 1 heterocycles. The minimum absolute atomic E-state index is 0.0207. The van der Waals surface area contributed by atoms with Gasteiger partial charge >= 0.3 is 0 Å². The number of likely N-dealkylation sites (tertiary alicyclic amines) is 1. The van der Waals surface area contributed by atoms with E-state index in [9.17, 15) is 9.18 Å². The molecule has 3 N–H and O–H groups in total. The first-order valence-corrected chi connectivity index (χ1v) is 6.26. The summed E-state index contributed by atoms with van der Waals surface area (Å²) >= 11 is 0. The number of hydrogen-bond donors (Lipinski definition) is 2. The zero-order valence-electron chi connectivity index (χ0n) is 10.9. The van der Waals surface area contributed by atoms with Gasteiger partial charge in [0, 0.05) is 25.2 Å². The third-order valence-electron chi connectivity index (χ3n) is 3.21. The number of amides is 1. The zero-order chi connectivity index (χ0) is 13.8. The number of rotatable bonds is 4. The van der Waals surface area contributed by atoms with Crippen molar-refractivity contribution in [2.24, 2.45) is 0 Å². The Kier molecular flexibility index (Phi) is 4.09. The molecule has 0 saturated carbocycles. The molecule has 1 aliphatic heterocycles. The van der Waals surface area contributed by atoms with Gasteiger partial charge in [0.2, 0.25) is 5.91 Å². The average molecular weight is 267 g/mol. The predicted octanol–water partition coefficient (Wildman–Crippen LogP) is 1.45. The Morgan fingerprint density at radius 3 is 2.79 bits per heavy atom. The maximum atomic E-state index is 13.7. The molecule has 1 aromatic rings. The van der Waals surface area contributed by atoms with Crippen LogP contribution in [0.2, 0.25) is 0 Å². The normalized spacial score (nSPS) is 14.5. The summed E-state index contributed by atoms with van der Waals surface area (Å²) in [5.41, 5.74) is 6.04. The van der Waals surface area contributed by atoms with Crippen molar-refractivity contribution in [2.45, 2.75) is 12.8 Å². The quantitative estimate of drug-likeness (QED) is 0.810. The molecule has 2 rings (SSSR count). The van der Waals surface area contributed by atoms with Gasteiger partial charge in [-0.15, -0.1) is 0 Å². The third-order valence-corrected chi connectivity index (χ3v) is 3.21. The van der Waals surface area contributed by atoms with Crippen LogP contribution in [0.4, 0.5) is 15.8 Å². The smallest absolute Gasteiger partial charge is 0.241 e. The fourth-order valence-corrected chi connectivity index (χ4v) is 2.13. The second-order valence-corrected chi connectivity index (χ2v) is 4.52. The topological polar surface area (TPSA) is 67.6 Å². The van der Waals surface area contributed by atoms with Gasteiger partial charge in [-0.05, 0) is 12.8 Å². The first-order chi connectivity index (χ1) is 9.11. The van der Waals surface area contributed by atoms with Gasteiger partial charge in [0.25, 0.3) is 0 Å². The molecular weight excluding hydrogens is 249 g/mol. The van der Waals surface area contributed by atoms with E-state index in [2.05, 4.69) is 5.32 Å². The lowest BCUT2D eigenvalue weighted by Crippen LogP contribution is -2.33. The number of nitrogens with zero attached hydrogens (tertiary/aromatic N) is 1. The van der Waals surface area contributed by atoms with Crippen LogP contribution in [0.5, 0.6) is 5.75 Å². The summed E-state index contributed by atoms with van der Waals surface area (Å²) in [5.74, 6) is -0.127. The molecular formula is C13H18FN3O2. The van der Waals surface area contributed by atoms with E-state index < -0.39 is 5.82 Å². The lowest BCUT2D eigenvalue weighted by Gasteiger charge is -2.16. The minimum atomic E-state index is -0.493. The van der Waals surface area contributed by atoms with E-state index in [1.165, 1.54) is 19.2 Å². The second-order valence-electron chi connectivity index (χ2n) is 4.52. The van der Waals surface area contributed by atoms with Crippen LogP contribution < -0.4 is 15.8 Å². The number of ether oxygens (including phenoxy) is 1. The van der Waals surface area contributed by atoms with Crippen LogP contribution in [0, 0.1) is 5.82 Å². The Labute approximate surface area is 111 Å². The van der Waals surface area contributed by atoms with Crippen LogP contribution in [0.15, 0.2) is 12.1 Å². The predicted molar refractivity (Wildman–Crippen MR) is 71.7 cm³/mol. The van der Waals surface area contributed by atoms with E-state index >= 15 is 0 Å². The largest absolute Gasteiger partial charge is 0.495 e. The van der Waals surface area contributed by atoms with Crippen LogP contribution in [0.1, 0.15) is 12.8 Å².